The molecular formula is C12H12BrN5S. The van der Waals surface area contributed by atoms with Gasteiger partial charge in [-0.3, -0.25) is 0 Å². The van der Waals surface area contributed by atoms with Gasteiger partial charge in [0.15, 0.2) is 0 Å². The molecule has 1 N–H and O–H groups in total. The molecule has 7 heteroatoms. The molecule has 0 bridgehead atoms. The normalized spacial score (nSPS) is 9.95. The van der Waals surface area contributed by atoms with E-state index in [0.29, 0.717) is 5.82 Å². The first kappa shape index (κ1) is 13.8. The molecule has 0 aromatic carbocycles. The van der Waals surface area contributed by atoms with Gasteiger partial charge in [-0.1, -0.05) is 0 Å². The minimum absolute atomic E-state index is 0.234. The number of nitriles is 1. The second-order valence-corrected chi connectivity index (χ2v) is 6.38. The fourth-order valence-electron chi connectivity index (χ4n) is 1.53. The Morgan fingerprint density at radius 2 is 2.32 bits per heavy atom. The highest BCUT2D eigenvalue weighted by Gasteiger charge is 2.06. The lowest BCUT2D eigenvalue weighted by Gasteiger charge is -2.17. The number of aromatic nitrogens is 2. The average molecular weight is 338 g/mol. The second kappa shape index (κ2) is 6.50. The highest BCUT2D eigenvalue weighted by atomic mass is 79.9. The van der Waals surface area contributed by atoms with Crippen LogP contribution >= 0.6 is 27.3 Å². The number of halogens is 1. The van der Waals surface area contributed by atoms with Crippen LogP contribution in [0.2, 0.25) is 0 Å². The van der Waals surface area contributed by atoms with Gasteiger partial charge in [0.2, 0.25) is 0 Å². The van der Waals surface area contributed by atoms with Gasteiger partial charge in [0.1, 0.15) is 24.5 Å². The van der Waals surface area contributed by atoms with Crippen molar-refractivity contribution < 1.29 is 0 Å². The molecule has 0 saturated carbocycles. The Labute approximate surface area is 124 Å². The van der Waals surface area contributed by atoms with Gasteiger partial charge in [-0.25, -0.2) is 9.97 Å². The molecule has 0 aliphatic rings. The van der Waals surface area contributed by atoms with Crippen LogP contribution in [0.25, 0.3) is 0 Å². The number of rotatable bonds is 5. The summed E-state index contributed by atoms with van der Waals surface area (Å²) in [5.41, 5.74) is 0. The Kier molecular flexibility index (Phi) is 4.71. The maximum absolute atomic E-state index is 8.53. The molecule has 2 aromatic rings. The third-order valence-electron chi connectivity index (χ3n) is 2.41. The molecule has 2 rings (SSSR count). The van der Waals surface area contributed by atoms with E-state index in [0.717, 1.165) is 16.1 Å². The van der Waals surface area contributed by atoms with Crippen LogP contribution in [0, 0.1) is 11.3 Å². The fourth-order valence-corrected chi connectivity index (χ4v) is 3.07. The van der Waals surface area contributed by atoms with E-state index >= 15 is 0 Å². The number of nitrogens with zero attached hydrogens (tertiary/aromatic N) is 4. The molecule has 19 heavy (non-hydrogen) atoms. The Balaban J connectivity index is 2.06. The third-order valence-corrected chi connectivity index (χ3v) is 4.02. The predicted octanol–water partition coefficient (Wildman–Crippen LogP) is 2.87. The van der Waals surface area contributed by atoms with E-state index in [1.54, 1.807) is 11.3 Å². The molecule has 0 aliphatic carbocycles. The van der Waals surface area contributed by atoms with Crippen LogP contribution in [0.3, 0.4) is 0 Å². The Bertz CT molecular complexity index is 592. The summed E-state index contributed by atoms with van der Waals surface area (Å²) >= 11 is 5.15. The van der Waals surface area contributed by atoms with Gasteiger partial charge in [0.05, 0.1) is 16.4 Å². The first-order chi connectivity index (χ1) is 9.19. The van der Waals surface area contributed by atoms with Crippen molar-refractivity contribution in [3.63, 3.8) is 0 Å². The summed E-state index contributed by atoms with van der Waals surface area (Å²) in [7, 11) is 1.98. The topological polar surface area (TPSA) is 64.8 Å². The molecule has 0 atom stereocenters. The number of hydrogen-bond donors (Lipinski definition) is 1. The van der Waals surface area contributed by atoms with Crippen molar-refractivity contribution >= 4 is 38.9 Å². The van der Waals surface area contributed by atoms with E-state index in [9.17, 15) is 0 Å². The molecular weight excluding hydrogens is 326 g/mol. The zero-order valence-electron chi connectivity index (χ0n) is 10.3. The lowest BCUT2D eigenvalue weighted by molar-refractivity contribution is 0.904. The number of anilines is 2. The van der Waals surface area contributed by atoms with Crippen LogP contribution in [-0.2, 0) is 6.54 Å². The standard InChI is InChI=1S/C12H12BrN5S/c1-18(7-9-2-3-10(13)19-9)12-6-11(15-5-4-14)16-8-17-12/h2-3,6,8H,5,7H2,1H3,(H,15,16,17). The van der Waals surface area contributed by atoms with Gasteiger partial charge in [0.25, 0.3) is 0 Å². The van der Waals surface area contributed by atoms with Gasteiger partial charge >= 0.3 is 0 Å². The molecule has 0 saturated heterocycles. The highest BCUT2D eigenvalue weighted by molar-refractivity contribution is 9.11. The maximum atomic E-state index is 8.53. The first-order valence-corrected chi connectivity index (χ1v) is 7.18. The van der Waals surface area contributed by atoms with E-state index in [4.69, 9.17) is 5.26 Å². The van der Waals surface area contributed by atoms with E-state index in [1.807, 2.05) is 30.1 Å². The minimum atomic E-state index is 0.234. The lowest BCUT2D eigenvalue weighted by atomic mass is 10.4. The van der Waals surface area contributed by atoms with Crippen molar-refractivity contribution in [1.82, 2.24) is 9.97 Å². The minimum Gasteiger partial charge on any atom is -0.357 e. The highest BCUT2D eigenvalue weighted by Crippen LogP contribution is 2.24. The van der Waals surface area contributed by atoms with Crippen molar-refractivity contribution in [2.75, 3.05) is 23.8 Å². The van der Waals surface area contributed by atoms with Crippen molar-refractivity contribution in [3.8, 4) is 6.07 Å². The predicted molar refractivity (Wildman–Crippen MR) is 80.3 cm³/mol. The first-order valence-electron chi connectivity index (χ1n) is 5.57. The number of nitrogens with one attached hydrogen (secondary N) is 1. The van der Waals surface area contributed by atoms with Crippen molar-refractivity contribution in [2.24, 2.45) is 0 Å². The number of hydrogen-bond acceptors (Lipinski definition) is 6. The maximum Gasteiger partial charge on any atom is 0.134 e. The van der Waals surface area contributed by atoms with Gasteiger partial charge in [-0.05, 0) is 28.1 Å². The molecule has 0 spiro atoms. The largest absolute Gasteiger partial charge is 0.357 e. The van der Waals surface area contributed by atoms with Crippen LogP contribution < -0.4 is 10.2 Å². The average Bonchev–Trinajstić information content (AvgIpc) is 2.82. The zero-order chi connectivity index (χ0) is 13.7. The van der Waals surface area contributed by atoms with Gasteiger partial charge in [0, 0.05) is 18.0 Å². The quantitative estimate of drug-likeness (QED) is 0.850. The third kappa shape index (κ3) is 3.91. The summed E-state index contributed by atoms with van der Waals surface area (Å²) in [4.78, 5) is 11.6. The molecule has 0 radical (unpaired) electrons. The Morgan fingerprint density at radius 1 is 1.47 bits per heavy atom. The van der Waals surface area contributed by atoms with Crippen LogP contribution in [0.5, 0.6) is 0 Å². The molecule has 5 nitrogen and oxygen atoms in total. The molecule has 98 valence electrons. The molecule has 0 amide bonds. The second-order valence-electron chi connectivity index (χ2n) is 3.83. The summed E-state index contributed by atoms with van der Waals surface area (Å²) < 4.78 is 1.12. The Hall–Kier alpha value is -1.65. The van der Waals surface area contributed by atoms with Crippen molar-refractivity contribution in [3.05, 3.63) is 33.2 Å². The summed E-state index contributed by atoms with van der Waals surface area (Å²) in [6.07, 6.45) is 1.50. The van der Waals surface area contributed by atoms with E-state index in [1.165, 1.54) is 11.2 Å². The molecule has 0 unspecified atom stereocenters. The zero-order valence-corrected chi connectivity index (χ0v) is 12.7. The summed E-state index contributed by atoms with van der Waals surface area (Å²) in [5, 5.41) is 11.4. The molecule has 0 fully saturated rings. The monoisotopic (exact) mass is 337 g/mol. The van der Waals surface area contributed by atoms with E-state index < -0.39 is 0 Å². The Morgan fingerprint density at radius 3 is 3.00 bits per heavy atom. The van der Waals surface area contributed by atoms with Crippen LogP contribution in [-0.4, -0.2) is 23.6 Å². The molecule has 0 aliphatic heterocycles. The van der Waals surface area contributed by atoms with Crippen LogP contribution in [0.15, 0.2) is 28.3 Å². The smallest absolute Gasteiger partial charge is 0.134 e. The SMILES string of the molecule is CN(Cc1ccc(Br)s1)c1cc(NCC#N)ncn1. The lowest BCUT2D eigenvalue weighted by Crippen LogP contribution is -2.17. The summed E-state index contributed by atoms with van der Waals surface area (Å²) in [5.74, 6) is 1.48. The van der Waals surface area contributed by atoms with Crippen LogP contribution in [0.4, 0.5) is 11.6 Å². The van der Waals surface area contributed by atoms with Gasteiger partial charge in [-0.2, -0.15) is 5.26 Å². The van der Waals surface area contributed by atoms with Gasteiger partial charge in [-0.15, -0.1) is 11.3 Å². The number of thiophene rings is 1. The van der Waals surface area contributed by atoms with E-state index in [2.05, 4.69) is 37.3 Å². The van der Waals surface area contributed by atoms with E-state index in [-0.39, 0.29) is 6.54 Å². The molecule has 2 aromatic heterocycles. The van der Waals surface area contributed by atoms with Crippen LogP contribution in [0.1, 0.15) is 4.88 Å². The van der Waals surface area contributed by atoms with Crippen molar-refractivity contribution in [2.45, 2.75) is 6.54 Å². The summed E-state index contributed by atoms with van der Waals surface area (Å²) in [6.45, 7) is 1.02. The summed E-state index contributed by atoms with van der Waals surface area (Å²) in [6, 6.07) is 7.97. The fraction of sp³-hybridized carbons (Fsp3) is 0.250. The van der Waals surface area contributed by atoms with Crippen molar-refractivity contribution in [1.29, 1.82) is 5.26 Å². The van der Waals surface area contributed by atoms with Gasteiger partial charge < -0.3 is 10.2 Å². The molecule has 2 heterocycles.